The second-order valence-electron chi connectivity index (χ2n) is 5.71. The average molecular weight is 300 g/mol. The maximum absolute atomic E-state index is 13.6. The van der Waals surface area contributed by atoms with Crippen LogP contribution in [0.2, 0.25) is 0 Å². The van der Waals surface area contributed by atoms with Crippen LogP contribution in [0.25, 0.3) is 0 Å². The Morgan fingerprint density at radius 1 is 1.09 bits per heavy atom. The number of piperidine rings is 1. The molecule has 2 aromatic rings. The van der Waals surface area contributed by atoms with Crippen molar-refractivity contribution >= 4 is 5.69 Å². The van der Waals surface area contributed by atoms with E-state index in [0.717, 1.165) is 42.9 Å². The van der Waals surface area contributed by atoms with Gasteiger partial charge in [0.05, 0.1) is 5.69 Å². The highest BCUT2D eigenvalue weighted by Gasteiger charge is 2.19. The smallest absolute Gasteiger partial charge is 0.143 e. The monoisotopic (exact) mass is 300 g/mol. The van der Waals surface area contributed by atoms with E-state index in [2.05, 4.69) is 4.90 Å². The first-order chi connectivity index (χ1) is 10.7. The molecule has 0 spiro atoms. The van der Waals surface area contributed by atoms with Crippen LogP contribution in [-0.4, -0.2) is 19.1 Å². The second kappa shape index (κ2) is 6.79. The van der Waals surface area contributed by atoms with Crippen LogP contribution in [-0.2, 0) is 6.61 Å². The van der Waals surface area contributed by atoms with E-state index in [9.17, 15) is 4.39 Å². The Hall–Kier alpha value is -2.07. The normalized spacial score (nSPS) is 15.8. The van der Waals surface area contributed by atoms with Crippen molar-refractivity contribution in [3.05, 3.63) is 59.9 Å². The van der Waals surface area contributed by atoms with Gasteiger partial charge in [-0.05, 0) is 30.5 Å². The lowest BCUT2D eigenvalue weighted by molar-refractivity contribution is 0.305. The molecular formula is C18H21FN2O. The molecule has 116 valence electrons. The van der Waals surface area contributed by atoms with Crippen molar-refractivity contribution < 1.29 is 9.13 Å². The highest BCUT2D eigenvalue weighted by Crippen LogP contribution is 2.31. The first-order valence-electron chi connectivity index (χ1n) is 7.69. The van der Waals surface area contributed by atoms with Crippen molar-refractivity contribution in [2.45, 2.75) is 25.5 Å². The Bertz CT molecular complexity index is 610. The fourth-order valence-corrected chi connectivity index (χ4v) is 2.74. The number of hydrogen-bond acceptors (Lipinski definition) is 3. The molecular weight excluding hydrogens is 279 g/mol. The predicted octanol–water partition coefficient (Wildman–Crippen LogP) is 3.33. The van der Waals surface area contributed by atoms with Crippen molar-refractivity contribution in [1.82, 2.24) is 0 Å². The third-order valence-corrected chi connectivity index (χ3v) is 4.04. The van der Waals surface area contributed by atoms with Gasteiger partial charge in [-0.15, -0.1) is 0 Å². The third-order valence-electron chi connectivity index (χ3n) is 4.04. The summed E-state index contributed by atoms with van der Waals surface area (Å²) >= 11 is 0. The summed E-state index contributed by atoms with van der Waals surface area (Å²) in [6.45, 7) is 2.16. The maximum atomic E-state index is 13.6. The predicted molar refractivity (Wildman–Crippen MR) is 86.6 cm³/mol. The van der Waals surface area contributed by atoms with E-state index in [1.807, 2.05) is 30.3 Å². The molecule has 22 heavy (non-hydrogen) atoms. The van der Waals surface area contributed by atoms with Gasteiger partial charge >= 0.3 is 0 Å². The molecule has 1 fully saturated rings. The van der Waals surface area contributed by atoms with Gasteiger partial charge in [0.15, 0.2) is 0 Å². The van der Waals surface area contributed by atoms with Gasteiger partial charge < -0.3 is 15.4 Å². The zero-order chi connectivity index (χ0) is 15.4. The molecule has 1 aliphatic rings. The van der Waals surface area contributed by atoms with Gasteiger partial charge in [0.1, 0.15) is 18.2 Å². The van der Waals surface area contributed by atoms with Crippen LogP contribution in [0.4, 0.5) is 10.1 Å². The van der Waals surface area contributed by atoms with E-state index in [4.69, 9.17) is 10.5 Å². The summed E-state index contributed by atoms with van der Waals surface area (Å²) in [5, 5.41) is 0. The lowest BCUT2D eigenvalue weighted by Gasteiger charge is -2.33. The number of benzene rings is 2. The van der Waals surface area contributed by atoms with Crippen molar-refractivity contribution in [3.63, 3.8) is 0 Å². The van der Waals surface area contributed by atoms with E-state index in [0.29, 0.717) is 6.61 Å². The van der Waals surface area contributed by atoms with Gasteiger partial charge in [-0.1, -0.05) is 30.3 Å². The molecule has 0 saturated carbocycles. The van der Waals surface area contributed by atoms with Gasteiger partial charge in [0, 0.05) is 25.2 Å². The molecule has 1 heterocycles. The summed E-state index contributed by atoms with van der Waals surface area (Å²) in [6.07, 6.45) is 1.85. The molecule has 4 heteroatoms. The summed E-state index contributed by atoms with van der Waals surface area (Å²) in [5.74, 6) is 0.484. The first-order valence-corrected chi connectivity index (χ1v) is 7.69. The molecule has 3 rings (SSSR count). The van der Waals surface area contributed by atoms with E-state index >= 15 is 0 Å². The quantitative estimate of drug-likeness (QED) is 0.941. The lowest BCUT2D eigenvalue weighted by Crippen LogP contribution is -2.39. The number of rotatable bonds is 4. The largest absolute Gasteiger partial charge is 0.487 e. The topological polar surface area (TPSA) is 38.5 Å². The number of ether oxygens (including phenoxy) is 1. The Balaban J connectivity index is 1.76. The van der Waals surface area contributed by atoms with Crippen LogP contribution >= 0.6 is 0 Å². The molecule has 3 nitrogen and oxygen atoms in total. The molecule has 2 N–H and O–H groups in total. The molecule has 1 saturated heterocycles. The van der Waals surface area contributed by atoms with Gasteiger partial charge in [0.25, 0.3) is 0 Å². The Morgan fingerprint density at radius 2 is 1.82 bits per heavy atom. The molecule has 0 atom stereocenters. The van der Waals surface area contributed by atoms with E-state index in [1.54, 1.807) is 12.1 Å². The molecule has 0 radical (unpaired) electrons. The summed E-state index contributed by atoms with van der Waals surface area (Å²) in [5.41, 5.74) is 7.86. The Kier molecular flexibility index (Phi) is 4.59. The first kappa shape index (κ1) is 14.9. The fraction of sp³-hybridized carbons (Fsp3) is 0.333. The van der Waals surface area contributed by atoms with Gasteiger partial charge in [-0.25, -0.2) is 4.39 Å². The summed E-state index contributed by atoms with van der Waals surface area (Å²) in [4.78, 5) is 2.16. The zero-order valence-corrected chi connectivity index (χ0v) is 12.5. The van der Waals surface area contributed by atoms with Crippen LogP contribution in [0.3, 0.4) is 0 Å². The van der Waals surface area contributed by atoms with Crippen LogP contribution in [0, 0.1) is 5.82 Å². The minimum Gasteiger partial charge on any atom is -0.487 e. The van der Waals surface area contributed by atoms with Crippen molar-refractivity contribution in [2.24, 2.45) is 5.73 Å². The van der Waals surface area contributed by atoms with Crippen molar-refractivity contribution in [1.29, 1.82) is 0 Å². The third kappa shape index (κ3) is 3.57. The summed E-state index contributed by atoms with van der Waals surface area (Å²) < 4.78 is 19.6. The summed E-state index contributed by atoms with van der Waals surface area (Å²) in [7, 11) is 0. The van der Waals surface area contributed by atoms with E-state index in [-0.39, 0.29) is 11.9 Å². The standard InChI is InChI=1S/C18H21FN2O/c19-15-6-7-18(22-13-14-4-2-1-3-5-14)17(12-15)21-10-8-16(20)9-11-21/h1-7,12,16H,8-11,13,20H2. The number of hydrogen-bond donors (Lipinski definition) is 1. The SMILES string of the molecule is NC1CCN(c2cc(F)ccc2OCc2ccccc2)CC1. The molecule has 0 amide bonds. The van der Waals surface area contributed by atoms with Gasteiger partial charge in [-0.2, -0.15) is 0 Å². The molecule has 0 aliphatic carbocycles. The van der Waals surface area contributed by atoms with Gasteiger partial charge in [0.2, 0.25) is 0 Å². The molecule has 0 bridgehead atoms. The molecule has 0 aromatic heterocycles. The van der Waals surface area contributed by atoms with Crippen molar-refractivity contribution in [3.8, 4) is 5.75 Å². The maximum Gasteiger partial charge on any atom is 0.143 e. The fourth-order valence-electron chi connectivity index (χ4n) is 2.74. The number of anilines is 1. The number of nitrogens with zero attached hydrogens (tertiary/aromatic N) is 1. The highest BCUT2D eigenvalue weighted by atomic mass is 19.1. The minimum absolute atomic E-state index is 0.239. The Labute approximate surface area is 130 Å². The number of halogens is 1. The zero-order valence-electron chi connectivity index (χ0n) is 12.5. The second-order valence-corrected chi connectivity index (χ2v) is 5.71. The molecule has 2 aromatic carbocycles. The van der Waals surface area contributed by atoms with Crippen LogP contribution in [0.15, 0.2) is 48.5 Å². The van der Waals surface area contributed by atoms with Gasteiger partial charge in [-0.3, -0.25) is 0 Å². The molecule has 1 aliphatic heterocycles. The van der Waals surface area contributed by atoms with Crippen LogP contribution < -0.4 is 15.4 Å². The lowest BCUT2D eigenvalue weighted by atomic mass is 10.1. The van der Waals surface area contributed by atoms with Crippen molar-refractivity contribution in [2.75, 3.05) is 18.0 Å². The minimum atomic E-state index is -0.239. The van der Waals surface area contributed by atoms with Crippen LogP contribution in [0.1, 0.15) is 18.4 Å². The summed E-state index contributed by atoms with van der Waals surface area (Å²) in [6, 6.07) is 14.9. The average Bonchev–Trinajstić information content (AvgIpc) is 2.55. The Morgan fingerprint density at radius 3 is 2.55 bits per heavy atom. The number of nitrogens with two attached hydrogens (primary N) is 1. The van der Waals surface area contributed by atoms with E-state index < -0.39 is 0 Å². The van der Waals surface area contributed by atoms with Crippen LogP contribution in [0.5, 0.6) is 5.75 Å². The van der Waals surface area contributed by atoms with E-state index in [1.165, 1.54) is 6.07 Å². The highest BCUT2D eigenvalue weighted by molar-refractivity contribution is 5.59. The molecule has 0 unspecified atom stereocenters.